The molecule has 2 aromatic rings. The zero-order chi connectivity index (χ0) is 19.2. The summed E-state index contributed by atoms with van der Waals surface area (Å²) in [4.78, 5) is 1.28. The summed E-state index contributed by atoms with van der Waals surface area (Å²) in [5.74, 6) is 0.414. The van der Waals surface area contributed by atoms with Gasteiger partial charge in [-0.1, -0.05) is 70.8 Å². The van der Waals surface area contributed by atoms with Gasteiger partial charge in [-0.3, -0.25) is 0 Å². The number of aryl methyl sites for hydroxylation is 1. The van der Waals surface area contributed by atoms with E-state index in [9.17, 15) is 5.11 Å². The zero-order valence-corrected chi connectivity index (χ0v) is 19.3. The standard InChI is InChI=1S/C23H34OSSi/c1-6-9-17-11-8-12-22(19(17)10-7-2)26-16-25-18-13-14-21(24)20(15-18)23(3,4)5/h8,11-15,24H,6-7,9-10,16,26H2,1-5H3. The molecule has 2 aromatic carbocycles. The van der Waals surface area contributed by atoms with Crippen LogP contribution in [-0.2, 0) is 18.3 Å². The lowest BCUT2D eigenvalue weighted by molar-refractivity contribution is 0.446. The molecule has 142 valence electrons. The van der Waals surface area contributed by atoms with E-state index in [-0.39, 0.29) is 14.9 Å². The van der Waals surface area contributed by atoms with Gasteiger partial charge in [-0.2, -0.15) is 0 Å². The first-order valence-electron chi connectivity index (χ1n) is 9.92. The van der Waals surface area contributed by atoms with E-state index in [1.54, 1.807) is 16.3 Å². The highest BCUT2D eigenvalue weighted by molar-refractivity contribution is 8.00. The number of benzene rings is 2. The number of thioether (sulfide) groups is 1. The van der Waals surface area contributed by atoms with Gasteiger partial charge in [-0.15, -0.1) is 11.8 Å². The van der Waals surface area contributed by atoms with Gasteiger partial charge in [0.05, 0.1) is 9.52 Å². The van der Waals surface area contributed by atoms with Gasteiger partial charge in [0.15, 0.2) is 0 Å². The summed E-state index contributed by atoms with van der Waals surface area (Å²) in [6, 6.07) is 13.0. The fourth-order valence-corrected chi connectivity index (χ4v) is 7.09. The fourth-order valence-electron chi connectivity index (χ4n) is 3.48. The van der Waals surface area contributed by atoms with E-state index in [1.807, 2.05) is 17.8 Å². The quantitative estimate of drug-likeness (QED) is 0.501. The summed E-state index contributed by atoms with van der Waals surface area (Å²) >= 11 is 1.95. The van der Waals surface area contributed by atoms with Crippen LogP contribution in [0.1, 0.15) is 64.2 Å². The van der Waals surface area contributed by atoms with Gasteiger partial charge in [0.2, 0.25) is 0 Å². The third-order valence-corrected chi connectivity index (χ3v) is 8.23. The Morgan fingerprint density at radius 1 is 1.00 bits per heavy atom. The number of hydrogen-bond acceptors (Lipinski definition) is 2. The van der Waals surface area contributed by atoms with E-state index < -0.39 is 0 Å². The van der Waals surface area contributed by atoms with Crippen molar-refractivity contribution in [1.82, 2.24) is 0 Å². The third-order valence-electron chi connectivity index (χ3n) is 4.81. The lowest BCUT2D eigenvalue weighted by atomic mass is 9.86. The Kier molecular flexibility index (Phi) is 7.84. The van der Waals surface area contributed by atoms with Crippen molar-refractivity contribution in [2.75, 3.05) is 5.38 Å². The van der Waals surface area contributed by atoms with Gasteiger partial charge < -0.3 is 5.11 Å². The van der Waals surface area contributed by atoms with Gasteiger partial charge >= 0.3 is 0 Å². The van der Waals surface area contributed by atoms with Crippen molar-refractivity contribution in [1.29, 1.82) is 0 Å². The van der Waals surface area contributed by atoms with Gasteiger partial charge in [-0.05, 0) is 53.0 Å². The monoisotopic (exact) mass is 386 g/mol. The number of phenolic OH excluding ortho intramolecular Hbond substituents is 1. The number of rotatable bonds is 8. The molecule has 26 heavy (non-hydrogen) atoms. The van der Waals surface area contributed by atoms with Crippen molar-refractivity contribution < 1.29 is 5.11 Å². The second kappa shape index (κ2) is 9.66. The van der Waals surface area contributed by atoms with Crippen molar-refractivity contribution >= 4 is 26.5 Å². The molecule has 0 aliphatic heterocycles. The van der Waals surface area contributed by atoms with Crippen molar-refractivity contribution in [3.63, 3.8) is 0 Å². The number of hydrogen-bond donors (Lipinski definition) is 1. The molecule has 0 amide bonds. The molecule has 0 spiro atoms. The van der Waals surface area contributed by atoms with Crippen LogP contribution in [0.2, 0.25) is 0 Å². The van der Waals surface area contributed by atoms with Crippen LogP contribution >= 0.6 is 11.8 Å². The van der Waals surface area contributed by atoms with Crippen LogP contribution in [0.25, 0.3) is 0 Å². The Morgan fingerprint density at radius 3 is 2.38 bits per heavy atom. The highest BCUT2D eigenvalue weighted by Crippen LogP contribution is 2.33. The largest absolute Gasteiger partial charge is 0.508 e. The predicted octanol–water partition coefficient (Wildman–Crippen LogP) is 5.14. The maximum Gasteiger partial charge on any atom is 0.119 e. The molecule has 0 aliphatic carbocycles. The van der Waals surface area contributed by atoms with Crippen LogP contribution in [0.4, 0.5) is 0 Å². The summed E-state index contributed by atoms with van der Waals surface area (Å²) in [6.45, 7) is 11.0. The second-order valence-electron chi connectivity index (χ2n) is 8.08. The van der Waals surface area contributed by atoms with Gasteiger partial charge in [0.25, 0.3) is 0 Å². The average molecular weight is 387 g/mol. The predicted molar refractivity (Wildman–Crippen MR) is 120 cm³/mol. The molecule has 1 nitrogen and oxygen atoms in total. The maximum absolute atomic E-state index is 10.1. The van der Waals surface area contributed by atoms with E-state index in [2.05, 4.69) is 65.0 Å². The minimum absolute atomic E-state index is 0.0269. The molecule has 0 bridgehead atoms. The Labute approximate surface area is 166 Å². The van der Waals surface area contributed by atoms with Crippen LogP contribution in [0, 0.1) is 0 Å². The normalized spacial score (nSPS) is 12.2. The number of phenols is 1. The Balaban J connectivity index is 2.09. The van der Waals surface area contributed by atoms with E-state index in [0.717, 1.165) is 5.56 Å². The molecule has 0 aliphatic rings. The summed E-state index contributed by atoms with van der Waals surface area (Å²) in [7, 11) is -0.299. The van der Waals surface area contributed by atoms with E-state index in [4.69, 9.17) is 0 Å². The zero-order valence-electron chi connectivity index (χ0n) is 17.1. The van der Waals surface area contributed by atoms with Crippen LogP contribution in [-0.4, -0.2) is 20.0 Å². The molecule has 1 N–H and O–H groups in total. The van der Waals surface area contributed by atoms with Crippen LogP contribution < -0.4 is 5.19 Å². The van der Waals surface area contributed by atoms with Crippen molar-refractivity contribution in [2.45, 2.75) is 70.6 Å². The van der Waals surface area contributed by atoms with Gasteiger partial charge in [-0.25, -0.2) is 0 Å². The molecular formula is C23H34OSSi. The third kappa shape index (κ3) is 5.65. The Bertz CT molecular complexity index is 719. The smallest absolute Gasteiger partial charge is 0.119 e. The van der Waals surface area contributed by atoms with Crippen molar-refractivity contribution in [2.24, 2.45) is 0 Å². The summed E-state index contributed by atoms with van der Waals surface area (Å²) in [6.07, 6.45) is 4.87. The summed E-state index contributed by atoms with van der Waals surface area (Å²) in [5, 5.41) is 13.0. The first-order chi connectivity index (χ1) is 12.4. The fraction of sp³-hybridized carbons (Fsp3) is 0.478. The number of aromatic hydroxyl groups is 1. The molecule has 0 fully saturated rings. The molecule has 0 saturated carbocycles. The first-order valence-corrected chi connectivity index (χ1v) is 12.6. The molecule has 0 aromatic heterocycles. The lowest BCUT2D eigenvalue weighted by Gasteiger charge is -2.21. The first kappa shape index (κ1) is 21.1. The van der Waals surface area contributed by atoms with Crippen LogP contribution in [0.3, 0.4) is 0 Å². The lowest BCUT2D eigenvalue weighted by Crippen LogP contribution is -2.23. The highest BCUT2D eigenvalue weighted by atomic mass is 32.2. The van der Waals surface area contributed by atoms with E-state index in [1.165, 1.54) is 36.0 Å². The van der Waals surface area contributed by atoms with E-state index >= 15 is 0 Å². The maximum atomic E-state index is 10.1. The molecule has 0 unspecified atom stereocenters. The van der Waals surface area contributed by atoms with Crippen LogP contribution in [0.15, 0.2) is 41.3 Å². The second-order valence-corrected chi connectivity index (χ2v) is 11.7. The average Bonchev–Trinajstić information content (AvgIpc) is 2.58. The summed E-state index contributed by atoms with van der Waals surface area (Å²) < 4.78 is 0. The minimum Gasteiger partial charge on any atom is -0.508 e. The summed E-state index contributed by atoms with van der Waals surface area (Å²) in [5.41, 5.74) is 4.23. The molecule has 3 heteroatoms. The van der Waals surface area contributed by atoms with Crippen LogP contribution in [0.5, 0.6) is 5.75 Å². The Morgan fingerprint density at radius 2 is 1.73 bits per heavy atom. The molecule has 0 atom stereocenters. The van der Waals surface area contributed by atoms with Gasteiger partial charge in [0.1, 0.15) is 5.75 Å². The molecule has 0 radical (unpaired) electrons. The van der Waals surface area contributed by atoms with Crippen molar-refractivity contribution in [3.05, 3.63) is 53.1 Å². The minimum atomic E-state index is -0.299. The SMILES string of the molecule is CCCc1cccc([SiH2]CSc2ccc(O)c(C(C)(C)C)c2)c1CCC. The topological polar surface area (TPSA) is 20.2 Å². The van der Waals surface area contributed by atoms with Gasteiger partial charge in [0, 0.05) is 10.5 Å². The highest BCUT2D eigenvalue weighted by Gasteiger charge is 2.18. The molecule has 0 saturated heterocycles. The van der Waals surface area contributed by atoms with Crippen molar-refractivity contribution in [3.8, 4) is 5.75 Å². The molecule has 2 rings (SSSR count). The molecular weight excluding hydrogens is 352 g/mol. The Hall–Kier alpha value is -1.19. The van der Waals surface area contributed by atoms with E-state index in [0.29, 0.717) is 5.75 Å². The molecule has 0 heterocycles.